The SMILES string of the molecule is C=CC(=C)CCCC(=C)[C@@H](C)Cc1ccccc1. The van der Waals surface area contributed by atoms with E-state index in [2.05, 4.69) is 57.0 Å². The van der Waals surface area contributed by atoms with Crippen LogP contribution in [0.1, 0.15) is 31.7 Å². The van der Waals surface area contributed by atoms with Gasteiger partial charge in [0.05, 0.1) is 0 Å². The van der Waals surface area contributed by atoms with E-state index in [4.69, 9.17) is 0 Å². The van der Waals surface area contributed by atoms with Crippen molar-refractivity contribution in [1.82, 2.24) is 0 Å². The molecule has 18 heavy (non-hydrogen) atoms. The molecule has 0 fully saturated rings. The zero-order valence-electron chi connectivity index (χ0n) is 11.5. The minimum atomic E-state index is 0.546. The molecule has 0 unspecified atom stereocenters. The summed E-state index contributed by atoms with van der Waals surface area (Å²) in [5.74, 6) is 0.546. The maximum atomic E-state index is 4.22. The Morgan fingerprint density at radius 1 is 1.17 bits per heavy atom. The first kappa shape index (κ1) is 14.5. The van der Waals surface area contributed by atoms with Gasteiger partial charge in [-0.25, -0.2) is 0 Å². The summed E-state index contributed by atoms with van der Waals surface area (Å²) in [5, 5.41) is 0. The van der Waals surface area contributed by atoms with Gasteiger partial charge in [0.15, 0.2) is 0 Å². The van der Waals surface area contributed by atoms with Crippen molar-refractivity contribution in [2.45, 2.75) is 32.6 Å². The summed E-state index contributed by atoms with van der Waals surface area (Å²) in [6.07, 6.45) is 6.17. The standard InChI is InChI=1S/C18H24/c1-5-15(2)10-9-11-16(3)17(4)14-18-12-7-6-8-13-18/h5-8,12-13,17H,1-3,9-11,14H2,4H3/t17-/m0/s1. The molecule has 0 aliphatic rings. The van der Waals surface area contributed by atoms with Crippen molar-refractivity contribution in [3.05, 3.63) is 72.9 Å². The van der Waals surface area contributed by atoms with Gasteiger partial charge in [-0.15, -0.1) is 0 Å². The van der Waals surface area contributed by atoms with Gasteiger partial charge in [0, 0.05) is 0 Å². The van der Waals surface area contributed by atoms with E-state index in [0.29, 0.717) is 5.92 Å². The van der Waals surface area contributed by atoms with E-state index in [0.717, 1.165) is 31.3 Å². The Balaban J connectivity index is 2.33. The lowest BCUT2D eigenvalue weighted by atomic mass is 9.91. The fraction of sp³-hybridized carbons (Fsp3) is 0.333. The van der Waals surface area contributed by atoms with Crippen molar-refractivity contribution in [2.75, 3.05) is 0 Å². The molecule has 0 nitrogen and oxygen atoms in total. The second-order valence-electron chi connectivity index (χ2n) is 4.96. The number of hydrogen-bond donors (Lipinski definition) is 0. The quantitative estimate of drug-likeness (QED) is 0.425. The van der Waals surface area contributed by atoms with Crippen LogP contribution in [0.5, 0.6) is 0 Å². The third-order valence-corrected chi connectivity index (χ3v) is 3.37. The highest BCUT2D eigenvalue weighted by molar-refractivity contribution is 5.17. The van der Waals surface area contributed by atoms with Gasteiger partial charge < -0.3 is 0 Å². The number of hydrogen-bond acceptors (Lipinski definition) is 0. The molecule has 0 aliphatic heterocycles. The molecule has 0 bridgehead atoms. The molecule has 0 amide bonds. The number of rotatable bonds is 8. The molecule has 0 saturated heterocycles. The lowest BCUT2D eigenvalue weighted by molar-refractivity contribution is 0.629. The van der Waals surface area contributed by atoms with E-state index < -0.39 is 0 Å². The predicted octanol–water partition coefficient (Wildman–Crippen LogP) is 5.33. The fourth-order valence-electron chi connectivity index (χ4n) is 2.00. The molecule has 0 aromatic heterocycles. The molecule has 1 aromatic carbocycles. The van der Waals surface area contributed by atoms with Crippen LogP contribution in [0.25, 0.3) is 0 Å². The molecule has 1 atom stereocenters. The van der Waals surface area contributed by atoms with Crippen molar-refractivity contribution in [3.8, 4) is 0 Å². The smallest absolute Gasteiger partial charge is 0.0194 e. The second kappa shape index (κ2) is 7.71. The monoisotopic (exact) mass is 240 g/mol. The van der Waals surface area contributed by atoms with Crippen LogP contribution in [-0.4, -0.2) is 0 Å². The third-order valence-electron chi connectivity index (χ3n) is 3.37. The Morgan fingerprint density at radius 3 is 2.44 bits per heavy atom. The first-order valence-electron chi connectivity index (χ1n) is 6.65. The Kier molecular flexibility index (Phi) is 6.21. The highest BCUT2D eigenvalue weighted by Crippen LogP contribution is 2.21. The van der Waals surface area contributed by atoms with Gasteiger partial charge in [0.2, 0.25) is 0 Å². The van der Waals surface area contributed by atoms with E-state index >= 15 is 0 Å². The summed E-state index contributed by atoms with van der Waals surface area (Å²) < 4.78 is 0. The van der Waals surface area contributed by atoms with Crippen LogP contribution < -0.4 is 0 Å². The van der Waals surface area contributed by atoms with Crippen LogP contribution in [0.2, 0.25) is 0 Å². The van der Waals surface area contributed by atoms with Crippen LogP contribution in [0.15, 0.2) is 67.3 Å². The number of allylic oxidation sites excluding steroid dienone is 3. The zero-order chi connectivity index (χ0) is 13.4. The summed E-state index contributed by atoms with van der Waals surface area (Å²) in [6, 6.07) is 10.6. The molecule has 0 heteroatoms. The molecular formula is C18H24. The van der Waals surface area contributed by atoms with Crippen molar-refractivity contribution >= 4 is 0 Å². The van der Waals surface area contributed by atoms with Crippen LogP contribution in [-0.2, 0) is 6.42 Å². The third kappa shape index (κ3) is 5.18. The number of benzene rings is 1. The first-order valence-corrected chi connectivity index (χ1v) is 6.65. The van der Waals surface area contributed by atoms with Crippen LogP contribution in [0, 0.1) is 5.92 Å². The van der Waals surface area contributed by atoms with Crippen molar-refractivity contribution in [3.63, 3.8) is 0 Å². The minimum absolute atomic E-state index is 0.546. The van der Waals surface area contributed by atoms with Gasteiger partial charge in [-0.2, -0.15) is 0 Å². The van der Waals surface area contributed by atoms with Gasteiger partial charge in [0.25, 0.3) is 0 Å². The Labute approximate surface area is 112 Å². The molecule has 0 radical (unpaired) electrons. The summed E-state index contributed by atoms with van der Waals surface area (Å²) in [4.78, 5) is 0. The lowest BCUT2D eigenvalue weighted by Gasteiger charge is -2.15. The maximum Gasteiger partial charge on any atom is -0.0194 e. The average Bonchev–Trinajstić information content (AvgIpc) is 2.39. The molecule has 0 N–H and O–H groups in total. The Bertz CT molecular complexity index is 397. The van der Waals surface area contributed by atoms with Crippen molar-refractivity contribution < 1.29 is 0 Å². The molecule has 1 rings (SSSR count). The van der Waals surface area contributed by atoms with E-state index in [-0.39, 0.29) is 0 Å². The molecule has 0 spiro atoms. The van der Waals surface area contributed by atoms with Crippen LogP contribution in [0.4, 0.5) is 0 Å². The molecule has 0 aliphatic carbocycles. The molecule has 1 aromatic rings. The fourth-order valence-corrected chi connectivity index (χ4v) is 2.00. The molecular weight excluding hydrogens is 216 g/mol. The van der Waals surface area contributed by atoms with Crippen LogP contribution in [0.3, 0.4) is 0 Å². The van der Waals surface area contributed by atoms with Gasteiger partial charge in [-0.3, -0.25) is 0 Å². The first-order chi connectivity index (χ1) is 8.63. The summed E-state index contributed by atoms with van der Waals surface area (Å²) in [7, 11) is 0. The van der Waals surface area contributed by atoms with Gasteiger partial charge in [0.1, 0.15) is 0 Å². The minimum Gasteiger partial charge on any atom is -0.0996 e. The Morgan fingerprint density at radius 2 is 1.83 bits per heavy atom. The highest BCUT2D eigenvalue weighted by atomic mass is 14.1. The van der Waals surface area contributed by atoms with Gasteiger partial charge in [-0.1, -0.05) is 74.2 Å². The summed E-state index contributed by atoms with van der Waals surface area (Å²) in [5.41, 5.74) is 3.86. The van der Waals surface area contributed by atoms with Gasteiger partial charge in [-0.05, 0) is 37.2 Å². The molecule has 0 saturated carbocycles. The molecule has 96 valence electrons. The largest absolute Gasteiger partial charge is 0.0996 e. The van der Waals surface area contributed by atoms with Crippen molar-refractivity contribution in [2.24, 2.45) is 5.92 Å². The Hall–Kier alpha value is -1.56. The highest BCUT2D eigenvalue weighted by Gasteiger charge is 2.07. The molecule has 0 heterocycles. The average molecular weight is 240 g/mol. The maximum absolute atomic E-state index is 4.22. The van der Waals surface area contributed by atoms with Gasteiger partial charge >= 0.3 is 0 Å². The van der Waals surface area contributed by atoms with E-state index in [1.807, 2.05) is 6.08 Å². The zero-order valence-corrected chi connectivity index (χ0v) is 11.5. The van der Waals surface area contributed by atoms with Crippen LogP contribution >= 0.6 is 0 Å². The van der Waals surface area contributed by atoms with E-state index in [1.54, 1.807) is 0 Å². The predicted molar refractivity (Wildman–Crippen MR) is 81.6 cm³/mol. The second-order valence-corrected chi connectivity index (χ2v) is 4.96. The van der Waals surface area contributed by atoms with E-state index in [1.165, 1.54) is 11.1 Å². The summed E-state index contributed by atoms with van der Waals surface area (Å²) >= 11 is 0. The normalized spacial score (nSPS) is 11.8. The van der Waals surface area contributed by atoms with E-state index in [9.17, 15) is 0 Å². The summed E-state index contributed by atoms with van der Waals surface area (Å²) in [6.45, 7) is 14.1. The topological polar surface area (TPSA) is 0 Å². The van der Waals surface area contributed by atoms with Crippen molar-refractivity contribution in [1.29, 1.82) is 0 Å². The lowest BCUT2D eigenvalue weighted by Crippen LogP contribution is -2.03.